The van der Waals surface area contributed by atoms with Crippen LogP contribution in [0.4, 0.5) is 10.7 Å². The number of ether oxygens (including phenoxy) is 2. The Hall–Kier alpha value is -2.31. The lowest BCUT2D eigenvalue weighted by Gasteiger charge is -2.05. The fraction of sp³-hybridized carbons (Fsp3) is 0.462. The molecule has 0 aromatic carbocycles. The fourth-order valence-corrected chi connectivity index (χ4v) is 1.71. The van der Waals surface area contributed by atoms with Crippen LogP contribution in [0.1, 0.15) is 47.2 Å². The molecule has 1 rings (SSSR count). The molecule has 0 fully saturated rings. The van der Waals surface area contributed by atoms with Gasteiger partial charge in [-0.2, -0.15) is 0 Å². The van der Waals surface area contributed by atoms with E-state index in [9.17, 15) is 14.4 Å². The minimum absolute atomic E-state index is 0.0927. The summed E-state index contributed by atoms with van der Waals surface area (Å²) in [5.41, 5.74) is 0.000140. The van der Waals surface area contributed by atoms with Crippen LogP contribution in [0.25, 0.3) is 0 Å². The van der Waals surface area contributed by atoms with E-state index in [1.807, 2.05) is 0 Å². The Bertz CT molecular complexity index is 531. The Morgan fingerprint density at radius 2 is 1.70 bits per heavy atom. The topological polar surface area (TPSA) is 94.8 Å². The lowest BCUT2D eigenvalue weighted by Crippen LogP contribution is -2.17. The van der Waals surface area contributed by atoms with Crippen molar-refractivity contribution in [2.75, 3.05) is 18.5 Å². The van der Waals surface area contributed by atoms with Crippen molar-refractivity contribution in [1.82, 2.24) is 0 Å². The van der Waals surface area contributed by atoms with Gasteiger partial charge in [-0.15, -0.1) is 0 Å². The third-order valence-electron chi connectivity index (χ3n) is 2.41. The monoisotopic (exact) mass is 283 g/mol. The Balaban J connectivity index is 3.23. The van der Waals surface area contributed by atoms with E-state index in [4.69, 9.17) is 13.9 Å². The van der Waals surface area contributed by atoms with Crippen LogP contribution in [0.3, 0.4) is 0 Å². The zero-order valence-electron chi connectivity index (χ0n) is 11.9. The molecule has 1 amide bonds. The maximum Gasteiger partial charge on any atom is 0.413 e. The van der Waals surface area contributed by atoms with Crippen LogP contribution in [-0.2, 0) is 9.47 Å². The normalized spacial score (nSPS) is 10.0. The molecule has 1 aromatic rings. The van der Waals surface area contributed by atoms with E-state index in [0.29, 0.717) is 0 Å². The lowest BCUT2D eigenvalue weighted by molar-refractivity contribution is 0.0524. The molecular weight excluding hydrogens is 266 g/mol. The molecule has 0 aliphatic heterocycles. The van der Waals surface area contributed by atoms with Gasteiger partial charge in [-0.3, -0.25) is 10.1 Å². The number of furan rings is 1. The third kappa shape index (κ3) is 3.37. The van der Waals surface area contributed by atoms with E-state index in [0.717, 1.165) is 0 Å². The number of carbonyl (C=O) groups is 3. The average Bonchev–Trinajstić information content (AvgIpc) is 2.66. The van der Waals surface area contributed by atoms with Gasteiger partial charge in [-0.25, -0.2) is 9.59 Å². The van der Waals surface area contributed by atoms with E-state index in [1.165, 1.54) is 13.8 Å². The van der Waals surface area contributed by atoms with Crippen LogP contribution in [0.2, 0.25) is 0 Å². The van der Waals surface area contributed by atoms with Crippen LogP contribution >= 0.6 is 0 Å². The quantitative estimate of drug-likeness (QED) is 0.659. The molecule has 0 aliphatic carbocycles. The van der Waals surface area contributed by atoms with Crippen LogP contribution < -0.4 is 5.32 Å². The van der Waals surface area contributed by atoms with E-state index in [-0.39, 0.29) is 41.8 Å². The molecule has 1 heterocycles. The predicted molar refractivity (Wildman–Crippen MR) is 70.1 cm³/mol. The second-order valence-corrected chi connectivity index (χ2v) is 3.86. The summed E-state index contributed by atoms with van der Waals surface area (Å²) in [5, 5.41) is 2.29. The summed E-state index contributed by atoms with van der Waals surface area (Å²) >= 11 is 0. The molecule has 110 valence electrons. The van der Waals surface area contributed by atoms with E-state index >= 15 is 0 Å². The number of esters is 1. The first-order chi connectivity index (χ1) is 9.42. The van der Waals surface area contributed by atoms with Crippen LogP contribution in [-0.4, -0.2) is 31.1 Å². The van der Waals surface area contributed by atoms with Crippen molar-refractivity contribution < 1.29 is 28.3 Å². The third-order valence-corrected chi connectivity index (χ3v) is 2.41. The number of hydrogen-bond acceptors (Lipinski definition) is 6. The van der Waals surface area contributed by atoms with Crippen LogP contribution in [0.5, 0.6) is 0 Å². The summed E-state index contributed by atoms with van der Waals surface area (Å²) in [6, 6.07) is 0. The first kappa shape index (κ1) is 15.7. The average molecular weight is 283 g/mol. The van der Waals surface area contributed by atoms with Gasteiger partial charge >= 0.3 is 12.1 Å². The number of rotatable bonds is 5. The summed E-state index contributed by atoms with van der Waals surface area (Å²) in [6.07, 6.45) is -0.776. The number of anilines is 1. The van der Waals surface area contributed by atoms with Crippen LogP contribution in [0, 0.1) is 6.92 Å². The van der Waals surface area contributed by atoms with Crippen molar-refractivity contribution in [3.05, 3.63) is 16.9 Å². The molecule has 0 bridgehead atoms. The zero-order chi connectivity index (χ0) is 15.3. The fourth-order valence-electron chi connectivity index (χ4n) is 1.71. The van der Waals surface area contributed by atoms with Gasteiger partial charge in [0.2, 0.25) is 5.88 Å². The largest absolute Gasteiger partial charge is 0.462 e. The minimum Gasteiger partial charge on any atom is -0.462 e. The Morgan fingerprint density at radius 3 is 2.20 bits per heavy atom. The van der Waals surface area contributed by atoms with Gasteiger partial charge in [0, 0.05) is 0 Å². The van der Waals surface area contributed by atoms with Gasteiger partial charge in [-0.05, 0) is 27.7 Å². The Morgan fingerprint density at radius 1 is 1.10 bits per heavy atom. The highest BCUT2D eigenvalue weighted by Crippen LogP contribution is 2.28. The smallest absolute Gasteiger partial charge is 0.413 e. The standard InChI is InChI=1S/C13H17NO6/c1-5-18-12(16)10-9(7(3)15)8(4)20-11(10)14-13(17)19-6-2/h5-6H2,1-4H3,(H,14,17). The van der Waals surface area contributed by atoms with Crippen molar-refractivity contribution >= 4 is 23.7 Å². The molecule has 0 atom stereocenters. The highest BCUT2D eigenvalue weighted by molar-refractivity contribution is 6.10. The molecule has 0 unspecified atom stereocenters. The number of hydrogen-bond donors (Lipinski definition) is 1. The molecular formula is C13H17NO6. The SMILES string of the molecule is CCOC(=O)Nc1oc(C)c(C(C)=O)c1C(=O)OCC. The van der Waals surface area contributed by atoms with E-state index < -0.39 is 12.1 Å². The number of carbonyl (C=O) groups excluding carboxylic acids is 3. The highest BCUT2D eigenvalue weighted by atomic mass is 16.6. The van der Waals surface area contributed by atoms with Gasteiger partial charge in [-0.1, -0.05) is 0 Å². The van der Waals surface area contributed by atoms with Crippen molar-refractivity contribution in [2.24, 2.45) is 0 Å². The zero-order valence-corrected chi connectivity index (χ0v) is 11.9. The first-order valence-corrected chi connectivity index (χ1v) is 6.17. The summed E-state index contributed by atoms with van der Waals surface area (Å²) in [5.74, 6) is -1.01. The summed E-state index contributed by atoms with van der Waals surface area (Å²) < 4.78 is 14.8. The van der Waals surface area contributed by atoms with Crippen molar-refractivity contribution in [3.63, 3.8) is 0 Å². The summed E-state index contributed by atoms with van der Waals surface area (Å²) in [6.45, 7) is 6.40. The van der Waals surface area contributed by atoms with E-state index in [2.05, 4.69) is 5.32 Å². The molecule has 0 saturated carbocycles. The summed E-state index contributed by atoms with van der Waals surface area (Å²) in [7, 11) is 0. The van der Waals surface area contributed by atoms with Crippen LogP contribution in [0.15, 0.2) is 4.42 Å². The molecule has 0 spiro atoms. The molecule has 20 heavy (non-hydrogen) atoms. The maximum absolute atomic E-state index is 11.9. The number of ketones is 1. The molecule has 7 nitrogen and oxygen atoms in total. The molecule has 1 N–H and O–H groups in total. The van der Waals surface area contributed by atoms with Gasteiger partial charge in [0.1, 0.15) is 11.3 Å². The molecule has 1 aromatic heterocycles. The van der Waals surface area contributed by atoms with Crippen molar-refractivity contribution in [3.8, 4) is 0 Å². The minimum atomic E-state index is -0.776. The second kappa shape index (κ2) is 6.74. The van der Waals surface area contributed by atoms with Crippen molar-refractivity contribution in [1.29, 1.82) is 0 Å². The highest BCUT2D eigenvalue weighted by Gasteiger charge is 2.28. The number of nitrogens with one attached hydrogen (secondary N) is 1. The predicted octanol–water partition coefficient (Wildman–Crippen LogP) is 2.54. The van der Waals surface area contributed by atoms with Gasteiger partial charge in [0.05, 0.1) is 18.8 Å². The lowest BCUT2D eigenvalue weighted by atomic mass is 10.1. The Kier molecular flexibility index (Phi) is 5.31. The number of aryl methyl sites for hydroxylation is 1. The van der Waals surface area contributed by atoms with Gasteiger partial charge in [0.15, 0.2) is 5.78 Å². The maximum atomic E-state index is 11.9. The van der Waals surface area contributed by atoms with Crippen molar-refractivity contribution in [2.45, 2.75) is 27.7 Å². The molecule has 0 aliphatic rings. The number of amides is 1. The summed E-state index contributed by atoms with van der Waals surface area (Å²) in [4.78, 5) is 34.9. The molecule has 7 heteroatoms. The van der Waals surface area contributed by atoms with Gasteiger partial charge in [0.25, 0.3) is 0 Å². The Labute approximate surface area is 116 Å². The van der Waals surface area contributed by atoms with Gasteiger partial charge < -0.3 is 13.9 Å². The number of Topliss-reactive ketones (excluding diaryl/α,β-unsaturated/α-hetero) is 1. The van der Waals surface area contributed by atoms with E-state index in [1.54, 1.807) is 13.8 Å². The molecule has 0 saturated heterocycles. The first-order valence-electron chi connectivity index (χ1n) is 6.17. The second-order valence-electron chi connectivity index (χ2n) is 3.86. The molecule has 0 radical (unpaired) electrons.